The average molecular weight is 335 g/mol. The van der Waals surface area contributed by atoms with E-state index < -0.39 is 5.97 Å². The topological polar surface area (TPSA) is 46.6 Å². The van der Waals surface area contributed by atoms with Gasteiger partial charge in [-0.3, -0.25) is 14.5 Å². The number of esters is 1. The number of carbonyl (C=O) groups is 2. The Kier molecular flexibility index (Phi) is 5.74. The molecular weight excluding hydrogens is 318 g/mol. The predicted molar refractivity (Wildman–Crippen MR) is 92.3 cm³/mol. The highest BCUT2D eigenvalue weighted by Gasteiger charge is 2.33. The number of hydrogen-bond donors (Lipinski definition) is 0. The van der Waals surface area contributed by atoms with Crippen molar-refractivity contribution in [1.29, 1.82) is 0 Å². The fourth-order valence-corrected chi connectivity index (χ4v) is 3.10. The van der Waals surface area contributed by atoms with Crippen molar-refractivity contribution in [3.8, 4) is 0 Å². The van der Waals surface area contributed by atoms with Crippen LogP contribution in [0, 0.1) is 6.92 Å². The van der Waals surface area contributed by atoms with E-state index in [4.69, 9.17) is 17.0 Å². The molecular formula is C16H17NO3S2. The Labute approximate surface area is 139 Å². The fraction of sp³-hybridized carbons (Fsp3) is 0.312. The van der Waals surface area contributed by atoms with Crippen LogP contribution in [0.1, 0.15) is 24.5 Å². The molecule has 0 atom stereocenters. The highest BCUT2D eigenvalue weighted by Crippen LogP contribution is 2.32. The van der Waals surface area contributed by atoms with Gasteiger partial charge in [-0.05, 0) is 25.0 Å². The van der Waals surface area contributed by atoms with Gasteiger partial charge in [-0.25, -0.2) is 0 Å². The number of ether oxygens (including phenoxy) is 1. The van der Waals surface area contributed by atoms with Gasteiger partial charge in [0.1, 0.15) is 10.9 Å². The summed E-state index contributed by atoms with van der Waals surface area (Å²) >= 11 is 6.39. The van der Waals surface area contributed by atoms with Crippen LogP contribution in [0.3, 0.4) is 0 Å². The molecule has 0 unspecified atom stereocenters. The summed E-state index contributed by atoms with van der Waals surface area (Å²) < 4.78 is 5.38. The first kappa shape index (κ1) is 16.7. The lowest BCUT2D eigenvalue weighted by Crippen LogP contribution is -2.34. The second-order valence-electron chi connectivity index (χ2n) is 4.90. The highest BCUT2D eigenvalue weighted by atomic mass is 32.2. The maximum Gasteiger partial charge on any atom is 0.326 e. The quantitative estimate of drug-likeness (QED) is 0.470. The molecule has 0 bridgehead atoms. The third kappa shape index (κ3) is 4.18. The number of thioether (sulfide) groups is 1. The molecule has 0 saturated carbocycles. The SMILES string of the molecule is CCCOC(=O)CN1C(=O)C(=Cc2ccc(C)cc2)SC1=S. The molecule has 1 fully saturated rings. The van der Waals surface area contributed by atoms with Crippen molar-refractivity contribution in [3.63, 3.8) is 0 Å². The molecule has 0 N–H and O–H groups in total. The van der Waals surface area contributed by atoms with Crippen LogP contribution in [0.25, 0.3) is 6.08 Å². The zero-order valence-electron chi connectivity index (χ0n) is 12.5. The molecule has 1 heterocycles. The van der Waals surface area contributed by atoms with Gasteiger partial charge in [-0.15, -0.1) is 0 Å². The van der Waals surface area contributed by atoms with E-state index in [9.17, 15) is 9.59 Å². The van der Waals surface area contributed by atoms with Gasteiger partial charge in [-0.1, -0.05) is 60.7 Å². The van der Waals surface area contributed by atoms with Gasteiger partial charge in [-0.2, -0.15) is 0 Å². The molecule has 0 aliphatic carbocycles. The number of rotatable bonds is 5. The normalized spacial score (nSPS) is 16.5. The summed E-state index contributed by atoms with van der Waals surface area (Å²) in [5, 5.41) is 0. The first-order chi connectivity index (χ1) is 10.5. The molecule has 1 amide bonds. The highest BCUT2D eigenvalue weighted by molar-refractivity contribution is 8.26. The van der Waals surface area contributed by atoms with Crippen molar-refractivity contribution < 1.29 is 14.3 Å². The zero-order chi connectivity index (χ0) is 16.1. The molecule has 4 nitrogen and oxygen atoms in total. The van der Waals surface area contributed by atoms with Crippen LogP contribution in [0.2, 0.25) is 0 Å². The molecule has 0 spiro atoms. The molecule has 1 saturated heterocycles. The minimum absolute atomic E-state index is 0.129. The molecule has 1 aliphatic rings. The fourth-order valence-electron chi connectivity index (χ4n) is 1.84. The Morgan fingerprint density at radius 1 is 1.36 bits per heavy atom. The number of carbonyl (C=O) groups excluding carboxylic acids is 2. The Hall–Kier alpha value is -1.66. The van der Waals surface area contributed by atoms with Crippen LogP contribution >= 0.6 is 24.0 Å². The summed E-state index contributed by atoms with van der Waals surface area (Å²) in [6.07, 6.45) is 2.54. The lowest BCUT2D eigenvalue weighted by Gasteiger charge is -2.13. The van der Waals surface area contributed by atoms with Crippen LogP contribution < -0.4 is 0 Å². The Morgan fingerprint density at radius 3 is 2.68 bits per heavy atom. The predicted octanol–water partition coefficient (Wildman–Crippen LogP) is 3.15. The average Bonchev–Trinajstić information content (AvgIpc) is 2.75. The summed E-state index contributed by atoms with van der Waals surface area (Å²) in [6, 6.07) is 7.85. The van der Waals surface area contributed by atoms with Crippen molar-refractivity contribution in [3.05, 3.63) is 40.3 Å². The van der Waals surface area contributed by atoms with Gasteiger partial charge in [0.2, 0.25) is 0 Å². The number of benzene rings is 1. The summed E-state index contributed by atoms with van der Waals surface area (Å²) in [6.45, 7) is 4.14. The van der Waals surface area contributed by atoms with Crippen LogP contribution in [-0.2, 0) is 14.3 Å². The first-order valence-electron chi connectivity index (χ1n) is 6.99. The maximum atomic E-state index is 12.3. The molecule has 6 heteroatoms. The smallest absolute Gasteiger partial charge is 0.326 e. The molecule has 0 radical (unpaired) electrons. The summed E-state index contributed by atoms with van der Waals surface area (Å²) in [5.74, 6) is -0.682. The lowest BCUT2D eigenvalue weighted by atomic mass is 10.1. The number of thiocarbonyl (C=S) groups is 1. The Morgan fingerprint density at radius 2 is 2.05 bits per heavy atom. The molecule has 116 valence electrons. The number of aryl methyl sites for hydroxylation is 1. The van der Waals surface area contributed by atoms with Crippen molar-refractivity contribution in [2.75, 3.05) is 13.2 Å². The summed E-state index contributed by atoms with van der Waals surface area (Å²) in [5.41, 5.74) is 2.09. The van der Waals surface area contributed by atoms with Gasteiger partial charge >= 0.3 is 5.97 Å². The number of nitrogens with zero attached hydrogens (tertiary/aromatic N) is 1. The molecule has 2 rings (SSSR count). The number of hydrogen-bond acceptors (Lipinski definition) is 5. The maximum absolute atomic E-state index is 12.3. The monoisotopic (exact) mass is 335 g/mol. The largest absolute Gasteiger partial charge is 0.464 e. The molecule has 0 aromatic heterocycles. The van der Waals surface area contributed by atoms with Crippen molar-refractivity contribution >= 4 is 46.3 Å². The van der Waals surface area contributed by atoms with E-state index in [0.717, 1.165) is 17.5 Å². The molecule has 1 aliphatic heterocycles. The Balaban J connectivity index is 2.08. The van der Waals surface area contributed by atoms with Crippen molar-refractivity contribution in [2.45, 2.75) is 20.3 Å². The molecule has 22 heavy (non-hydrogen) atoms. The molecule has 1 aromatic rings. The van der Waals surface area contributed by atoms with E-state index in [-0.39, 0.29) is 12.5 Å². The van der Waals surface area contributed by atoms with Gasteiger partial charge in [0.25, 0.3) is 5.91 Å². The second-order valence-corrected chi connectivity index (χ2v) is 6.57. The van der Waals surface area contributed by atoms with E-state index in [1.54, 1.807) is 6.08 Å². The van der Waals surface area contributed by atoms with Gasteiger partial charge in [0.05, 0.1) is 11.5 Å². The van der Waals surface area contributed by atoms with Crippen LogP contribution in [0.15, 0.2) is 29.2 Å². The van der Waals surface area contributed by atoms with E-state index in [0.29, 0.717) is 15.8 Å². The van der Waals surface area contributed by atoms with Crippen LogP contribution in [0.5, 0.6) is 0 Å². The minimum atomic E-state index is -0.435. The third-order valence-electron chi connectivity index (χ3n) is 3.00. The molecule has 1 aromatic carbocycles. The second kappa shape index (κ2) is 7.56. The third-order valence-corrected chi connectivity index (χ3v) is 4.38. The van der Waals surface area contributed by atoms with E-state index in [2.05, 4.69) is 0 Å². The van der Waals surface area contributed by atoms with Gasteiger partial charge in [0.15, 0.2) is 0 Å². The Bertz CT molecular complexity index is 623. The van der Waals surface area contributed by atoms with E-state index in [1.165, 1.54) is 16.7 Å². The van der Waals surface area contributed by atoms with Crippen molar-refractivity contribution in [2.24, 2.45) is 0 Å². The minimum Gasteiger partial charge on any atom is -0.464 e. The van der Waals surface area contributed by atoms with Crippen LogP contribution in [-0.4, -0.2) is 34.2 Å². The van der Waals surface area contributed by atoms with Crippen molar-refractivity contribution in [1.82, 2.24) is 4.90 Å². The zero-order valence-corrected chi connectivity index (χ0v) is 14.1. The standard InChI is InChI=1S/C16H17NO3S2/c1-3-8-20-14(18)10-17-15(19)13(22-16(17)21)9-12-6-4-11(2)5-7-12/h4-7,9H,3,8,10H2,1-2H3. The van der Waals surface area contributed by atoms with Gasteiger partial charge in [0, 0.05) is 0 Å². The number of amides is 1. The van der Waals surface area contributed by atoms with Gasteiger partial charge < -0.3 is 4.74 Å². The summed E-state index contributed by atoms with van der Waals surface area (Å²) in [4.78, 5) is 25.8. The lowest BCUT2D eigenvalue weighted by molar-refractivity contribution is -0.146. The van der Waals surface area contributed by atoms with Crippen LogP contribution in [0.4, 0.5) is 0 Å². The first-order valence-corrected chi connectivity index (χ1v) is 8.21. The summed E-state index contributed by atoms with van der Waals surface area (Å²) in [7, 11) is 0. The van der Waals surface area contributed by atoms with E-state index >= 15 is 0 Å². The van der Waals surface area contributed by atoms with E-state index in [1.807, 2.05) is 38.1 Å².